The molecule has 9 nitrogen and oxygen atoms in total. The van der Waals surface area contributed by atoms with Crippen LogP contribution in [0.3, 0.4) is 0 Å². The smallest absolute Gasteiger partial charge is 0.744 e. The van der Waals surface area contributed by atoms with Gasteiger partial charge in [0.25, 0.3) is 0 Å². The van der Waals surface area contributed by atoms with Gasteiger partial charge in [-0.05, 0) is 18.2 Å². The Hall–Kier alpha value is -1.38. The fraction of sp³-hybridized carbons (Fsp3) is 0. The molecule has 0 radical (unpaired) electrons. The summed E-state index contributed by atoms with van der Waals surface area (Å²) in [6.45, 7) is 0. The van der Waals surface area contributed by atoms with E-state index in [1.807, 2.05) is 0 Å². The van der Waals surface area contributed by atoms with Gasteiger partial charge < -0.3 is 13.8 Å². The van der Waals surface area contributed by atoms with E-state index in [9.17, 15) is 35.5 Å². The minimum Gasteiger partial charge on any atom is -0.744 e. The first-order valence-electron chi connectivity index (χ1n) is 8.54. The van der Waals surface area contributed by atoms with Crippen molar-refractivity contribution >= 4 is 31.8 Å². The molecule has 0 amide bonds. The van der Waals surface area contributed by atoms with Gasteiger partial charge in [-0.25, -0.2) is 16.8 Å². The van der Waals surface area contributed by atoms with Crippen LogP contribution in [0.4, 0.5) is 0 Å². The first-order chi connectivity index (χ1) is 14.5. The predicted octanol–water partition coefficient (Wildman–Crippen LogP) is -3.93. The van der Waals surface area contributed by atoms with Crippen molar-refractivity contribution in [3.8, 4) is 11.5 Å². The summed E-state index contributed by atoms with van der Waals surface area (Å²) in [5.41, 5.74) is -1.82. The van der Waals surface area contributed by atoms with Gasteiger partial charge in [-0.15, -0.1) is 0 Å². The molecular formula is C20H10Na2O9S2. The van der Waals surface area contributed by atoms with Crippen LogP contribution in [0, 0.1) is 0 Å². The minimum absolute atomic E-state index is 0. The molecule has 0 N–H and O–H groups in total. The zero-order valence-corrected chi connectivity index (χ0v) is 22.9. The molecule has 1 aliphatic rings. The van der Waals surface area contributed by atoms with Crippen molar-refractivity contribution in [1.29, 1.82) is 0 Å². The Kier molecular flexibility index (Phi) is 8.51. The third kappa shape index (κ3) is 5.17. The normalized spacial score (nSPS) is 12.7. The van der Waals surface area contributed by atoms with Crippen molar-refractivity contribution in [2.24, 2.45) is 0 Å². The molecule has 4 rings (SSSR count). The first kappa shape index (κ1) is 27.9. The van der Waals surface area contributed by atoms with E-state index >= 15 is 0 Å². The minimum atomic E-state index is -5.59. The molecular weight excluding hydrogens is 494 g/mol. The maximum Gasteiger partial charge on any atom is 1.00 e. The number of hydrogen-bond acceptors (Lipinski definition) is 9. The fourth-order valence-electron chi connectivity index (χ4n) is 3.31. The van der Waals surface area contributed by atoms with Gasteiger partial charge in [-0.3, -0.25) is 9.59 Å². The SMILES string of the molecule is O=C1c2ccccc2C(=O)c2c1cc(S(=O)(=O)[O-])c(Oc1ccccc1)c2S(=O)(=O)[O-].[Na+].[Na+]. The Morgan fingerprint density at radius 3 is 1.70 bits per heavy atom. The molecule has 3 aromatic rings. The van der Waals surface area contributed by atoms with Crippen LogP contribution < -0.4 is 63.9 Å². The summed E-state index contributed by atoms with van der Waals surface area (Å²) in [5.74, 6) is -3.14. The Bertz CT molecular complexity index is 1480. The summed E-state index contributed by atoms with van der Waals surface area (Å²) in [5, 5.41) is 0. The number of fused-ring (bicyclic) bond motifs is 2. The van der Waals surface area contributed by atoms with Gasteiger partial charge in [0, 0.05) is 16.7 Å². The van der Waals surface area contributed by atoms with Crippen molar-refractivity contribution in [2.45, 2.75) is 9.79 Å². The molecule has 0 spiro atoms. The molecule has 0 fully saturated rings. The summed E-state index contributed by atoms with van der Waals surface area (Å²) in [4.78, 5) is 23.3. The molecule has 13 heteroatoms. The van der Waals surface area contributed by atoms with Gasteiger partial charge in [0.05, 0.1) is 10.5 Å². The number of hydrogen-bond donors (Lipinski definition) is 0. The molecule has 33 heavy (non-hydrogen) atoms. The summed E-state index contributed by atoms with van der Waals surface area (Å²) >= 11 is 0. The largest absolute Gasteiger partial charge is 1.00 e. The van der Waals surface area contributed by atoms with Crippen LogP contribution in [0.1, 0.15) is 31.8 Å². The number of ether oxygens (including phenoxy) is 1. The summed E-state index contributed by atoms with van der Waals surface area (Å²) in [7, 11) is -11.0. The number of rotatable bonds is 4. The van der Waals surface area contributed by atoms with Crippen molar-refractivity contribution in [2.75, 3.05) is 0 Å². The van der Waals surface area contributed by atoms with Crippen molar-refractivity contribution < 1.29 is 99.4 Å². The molecule has 0 heterocycles. The maximum absolute atomic E-state index is 13.0. The molecule has 158 valence electrons. The van der Waals surface area contributed by atoms with Crippen LogP contribution in [0.15, 0.2) is 70.5 Å². The van der Waals surface area contributed by atoms with Crippen molar-refractivity contribution in [3.05, 3.63) is 82.9 Å². The number of benzene rings is 3. The van der Waals surface area contributed by atoms with Gasteiger partial charge in [-0.1, -0.05) is 42.5 Å². The summed E-state index contributed by atoms with van der Waals surface area (Å²) < 4.78 is 77.5. The molecule has 0 atom stereocenters. The Morgan fingerprint density at radius 2 is 1.18 bits per heavy atom. The van der Waals surface area contributed by atoms with Gasteiger partial charge in [0.1, 0.15) is 30.9 Å². The van der Waals surface area contributed by atoms with Gasteiger partial charge in [0.15, 0.2) is 17.3 Å². The van der Waals surface area contributed by atoms with Gasteiger partial charge >= 0.3 is 59.1 Å². The monoisotopic (exact) mass is 504 g/mol. The molecule has 1 aliphatic carbocycles. The Labute approximate surface area is 233 Å². The van der Waals surface area contributed by atoms with E-state index in [4.69, 9.17) is 4.74 Å². The number of carbonyl (C=O) groups is 2. The standard InChI is InChI=1S/C20H12O9S2.2Na/c21-17-12-8-4-5-9-13(12)18(22)16-14(17)10-15(30(23,24)25)19(20(16)31(26,27)28)29-11-6-2-1-3-7-11;;/h1-10H,(H,23,24,25)(H,26,27,28);;/q;2*+1/p-2. The van der Waals surface area contributed by atoms with Crippen LogP contribution in [0.5, 0.6) is 11.5 Å². The molecule has 0 aromatic heterocycles. The average molecular weight is 504 g/mol. The second-order valence-electron chi connectivity index (χ2n) is 6.48. The molecule has 0 unspecified atom stereocenters. The third-order valence-corrected chi connectivity index (χ3v) is 6.30. The van der Waals surface area contributed by atoms with Crippen LogP contribution in [-0.2, 0) is 20.2 Å². The van der Waals surface area contributed by atoms with E-state index in [0.29, 0.717) is 6.07 Å². The number of carbonyl (C=O) groups excluding carboxylic acids is 2. The van der Waals surface area contributed by atoms with Crippen LogP contribution >= 0.6 is 0 Å². The predicted molar refractivity (Wildman–Crippen MR) is 102 cm³/mol. The molecule has 0 saturated carbocycles. The second kappa shape index (κ2) is 10.1. The van der Waals surface area contributed by atoms with E-state index in [1.165, 1.54) is 48.5 Å². The van der Waals surface area contributed by atoms with Crippen LogP contribution in [0.2, 0.25) is 0 Å². The topological polar surface area (TPSA) is 158 Å². The van der Waals surface area contributed by atoms with E-state index < -0.39 is 58.5 Å². The number of ketones is 2. The van der Waals surface area contributed by atoms with Crippen molar-refractivity contribution in [1.82, 2.24) is 0 Å². The molecule has 3 aromatic carbocycles. The quantitative estimate of drug-likeness (QED) is 0.200. The summed E-state index contributed by atoms with van der Waals surface area (Å²) in [6, 6.07) is 13.1. The molecule has 0 bridgehead atoms. The average Bonchev–Trinajstić information content (AvgIpc) is 2.70. The van der Waals surface area contributed by atoms with Crippen molar-refractivity contribution in [3.63, 3.8) is 0 Å². The van der Waals surface area contributed by atoms with Gasteiger partial charge in [0.2, 0.25) is 0 Å². The Balaban J connectivity index is 0.00000193. The van der Waals surface area contributed by atoms with Crippen LogP contribution in [-0.4, -0.2) is 37.5 Å². The number of para-hydroxylation sites is 1. The fourth-order valence-corrected chi connectivity index (χ4v) is 4.84. The van der Waals surface area contributed by atoms with Gasteiger partial charge in [-0.2, -0.15) is 0 Å². The van der Waals surface area contributed by atoms with Crippen LogP contribution in [0.25, 0.3) is 0 Å². The second-order valence-corrected chi connectivity index (χ2v) is 9.15. The van der Waals surface area contributed by atoms with E-state index in [-0.39, 0.29) is 76.0 Å². The third-order valence-electron chi connectivity index (χ3n) is 4.57. The van der Waals surface area contributed by atoms with E-state index in [0.717, 1.165) is 0 Å². The van der Waals surface area contributed by atoms with E-state index in [2.05, 4.69) is 0 Å². The zero-order valence-electron chi connectivity index (χ0n) is 17.3. The zero-order chi connectivity index (χ0) is 22.6. The summed E-state index contributed by atoms with van der Waals surface area (Å²) in [6.07, 6.45) is 0. The first-order valence-corrected chi connectivity index (χ1v) is 11.4. The van der Waals surface area contributed by atoms with E-state index in [1.54, 1.807) is 6.07 Å². The molecule has 0 aliphatic heterocycles. The Morgan fingerprint density at radius 1 is 0.667 bits per heavy atom. The maximum atomic E-state index is 13.0. The molecule has 0 saturated heterocycles.